The molecule has 96 valence electrons. The third-order valence-electron chi connectivity index (χ3n) is 2.66. The largest absolute Gasteiger partial charge is 0.394 e. The van der Waals surface area contributed by atoms with Crippen LogP contribution in [-0.2, 0) is 0 Å². The fraction of sp³-hybridized carbons (Fsp3) is 0.500. The normalized spacial score (nSPS) is 11.5. The standard InChI is InChI=1S/C10H16F2N4O/c1-10(2,5-17)16(3)9-7(12)4-6(11)8(14-9)15-13/h4,17H,5,13H2,1-3H3,(H,14,15). The molecule has 0 aromatic carbocycles. The van der Waals surface area contributed by atoms with E-state index in [2.05, 4.69) is 4.98 Å². The fourth-order valence-corrected chi connectivity index (χ4v) is 1.19. The second-order valence-corrected chi connectivity index (χ2v) is 4.30. The van der Waals surface area contributed by atoms with E-state index in [1.165, 1.54) is 4.90 Å². The number of pyridine rings is 1. The van der Waals surface area contributed by atoms with Gasteiger partial charge in [0.05, 0.1) is 12.1 Å². The predicted octanol–water partition coefficient (Wildman–Crippen LogP) is 0.852. The van der Waals surface area contributed by atoms with Gasteiger partial charge in [-0.1, -0.05) is 0 Å². The Kier molecular flexibility index (Phi) is 3.84. The van der Waals surface area contributed by atoms with E-state index in [1.807, 2.05) is 5.43 Å². The molecule has 0 aliphatic heterocycles. The van der Waals surface area contributed by atoms with Crippen molar-refractivity contribution < 1.29 is 13.9 Å². The second-order valence-electron chi connectivity index (χ2n) is 4.30. The molecule has 0 unspecified atom stereocenters. The number of anilines is 2. The average molecular weight is 246 g/mol. The number of halogens is 2. The molecule has 0 aliphatic carbocycles. The van der Waals surface area contributed by atoms with Crippen molar-refractivity contribution in [3.63, 3.8) is 0 Å². The van der Waals surface area contributed by atoms with Gasteiger partial charge in [0.2, 0.25) is 0 Å². The summed E-state index contributed by atoms with van der Waals surface area (Å²) >= 11 is 0. The van der Waals surface area contributed by atoms with Crippen molar-refractivity contribution in [2.24, 2.45) is 5.84 Å². The number of aliphatic hydroxyl groups is 1. The van der Waals surface area contributed by atoms with E-state index in [1.54, 1.807) is 20.9 Å². The number of hydrogen-bond acceptors (Lipinski definition) is 5. The maximum atomic E-state index is 13.6. The Labute approximate surface area is 98.2 Å². The Morgan fingerprint density at radius 2 is 2.06 bits per heavy atom. The summed E-state index contributed by atoms with van der Waals surface area (Å²) in [4.78, 5) is 5.15. The molecule has 1 aromatic rings. The zero-order chi connectivity index (χ0) is 13.2. The topological polar surface area (TPSA) is 74.4 Å². The predicted molar refractivity (Wildman–Crippen MR) is 61.5 cm³/mol. The number of hydrazine groups is 1. The number of hydrogen-bond donors (Lipinski definition) is 3. The molecular formula is C10H16F2N4O. The van der Waals surface area contributed by atoms with Gasteiger partial charge >= 0.3 is 0 Å². The highest BCUT2D eigenvalue weighted by molar-refractivity contribution is 5.49. The maximum Gasteiger partial charge on any atom is 0.178 e. The average Bonchev–Trinajstić information content (AvgIpc) is 2.28. The summed E-state index contributed by atoms with van der Waals surface area (Å²) in [5.74, 6) is 3.05. The quantitative estimate of drug-likeness (QED) is 0.542. The summed E-state index contributed by atoms with van der Waals surface area (Å²) < 4.78 is 26.7. The number of likely N-dealkylation sites (N-methyl/N-ethyl adjacent to an activating group) is 1. The Balaban J connectivity index is 3.22. The molecule has 0 fully saturated rings. The van der Waals surface area contributed by atoms with Gasteiger partial charge in [-0.25, -0.2) is 19.6 Å². The summed E-state index contributed by atoms with van der Waals surface area (Å²) in [5, 5.41) is 9.19. The van der Waals surface area contributed by atoms with Crippen molar-refractivity contribution >= 4 is 11.6 Å². The molecule has 4 N–H and O–H groups in total. The zero-order valence-electron chi connectivity index (χ0n) is 9.96. The lowest BCUT2D eigenvalue weighted by Gasteiger charge is -2.35. The van der Waals surface area contributed by atoms with Crippen molar-refractivity contribution in [2.75, 3.05) is 24.0 Å². The van der Waals surface area contributed by atoms with Crippen LogP contribution >= 0.6 is 0 Å². The third kappa shape index (κ3) is 2.62. The third-order valence-corrected chi connectivity index (χ3v) is 2.66. The van der Waals surface area contributed by atoms with Crippen LogP contribution in [0, 0.1) is 11.6 Å². The SMILES string of the molecule is CN(c1nc(NN)c(F)cc1F)C(C)(C)CO. The monoisotopic (exact) mass is 246 g/mol. The van der Waals surface area contributed by atoms with Crippen LogP contribution in [0.3, 0.4) is 0 Å². The molecule has 7 heteroatoms. The number of nitrogens with two attached hydrogens (primary N) is 1. The zero-order valence-corrected chi connectivity index (χ0v) is 9.96. The number of nitrogens with one attached hydrogen (secondary N) is 1. The van der Waals surface area contributed by atoms with Crippen LogP contribution in [0.2, 0.25) is 0 Å². The van der Waals surface area contributed by atoms with Gasteiger partial charge in [0.25, 0.3) is 0 Å². The van der Waals surface area contributed by atoms with Crippen molar-refractivity contribution in [2.45, 2.75) is 19.4 Å². The number of nitrogen functional groups attached to an aromatic ring is 1. The fourth-order valence-electron chi connectivity index (χ4n) is 1.19. The van der Waals surface area contributed by atoms with Crippen molar-refractivity contribution in [3.05, 3.63) is 17.7 Å². The first-order valence-corrected chi connectivity index (χ1v) is 5.01. The minimum absolute atomic E-state index is 0.0848. The smallest absolute Gasteiger partial charge is 0.178 e. The molecule has 1 aromatic heterocycles. The molecule has 0 bridgehead atoms. The number of aliphatic hydroxyl groups excluding tert-OH is 1. The molecule has 0 amide bonds. The van der Waals surface area contributed by atoms with E-state index in [4.69, 9.17) is 5.84 Å². The minimum Gasteiger partial charge on any atom is -0.394 e. The van der Waals surface area contributed by atoms with Gasteiger partial charge in [-0.2, -0.15) is 0 Å². The Morgan fingerprint density at radius 3 is 2.53 bits per heavy atom. The summed E-state index contributed by atoms with van der Waals surface area (Å²) in [6.07, 6.45) is 0. The van der Waals surface area contributed by atoms with Crippen molar-refractivity contribution in [1.29, 1.82) is 0 Å². The Hall–Kier alpha value is -1.47. The van der Waals surface area contributed by atoms with Crippen LogP contribution in [-0.4, -0.2) is 29.3 Å². The van der Waals surface area contributed by atoms with Gasteiger partial charge < -0.3 is 15.4 Å². The van der Waals surface area contributed by atoms with Gasteiger partial charge in [0, 0.05) is 13.1 Å². The first-order valence-electron chi connectivity index (χ1n) is 5.01. The minimum atomic E-state index is -0.871. The highest BCUT2D eigenvalue weighted by Gasteiger charge is 2.27. The molecule has 17 heavy (non-hydrogen) atoms. The van der Waals surface area contributed by atoms with Gasteiger partial charge in [0.1, 0.15) is 0 Å². The lowest BCUT2D eigenvalue weighted by Crippen LogP contribution is -2.45. The number of aromatic nitrogens is 1. The van der Waals surface area contributed by atoms with Gasteiger partial charge in [-0.3, -0.25) is 0 Å². The van der Waals surface area contributed by atoms with E-state index in [0.29, 0.717) is 6.07 Å². The van der Waals surface area contributed by atoms with Crippen LogP contribution in [0.25, 0.3) is 0 Å². The van der Waals surface area contributed by atoms with Crippen molar-refractivity contribution in [1.82, 2.24) is 4.98 Å². The molecule has 0 radical (unpaired) electrons. The van der Waals surface area contributed by atoms with E-state index in [-0.39, 0.29) is 18.2 Å². The van der Waals surface area contributed by atoms with Gasteiger partial charge in [-0.05, 0) is 13.8 Å². The molecule has 0 aliphatic rings. The summed E-state index contributed by atoms with van der Waals surface area (Å²) in [5.41, 5.74) is 1.32. The highest BCUT2D eigenvalue weighted by atomic mass is 19.1. The van der Waals surface area contributed by atoms with Gasteiger partial charge in [-0.15, -0.1) is 0 Å². The molecule has 5 nitrogen and oxygen atoms in total. The summed E-state index contributed by atoms with van der Waals surface area (Å²) in [7, 11) is 1.56. The lowest BCUT2D eigenvalue weighted by atomic mass is 10.1. The van der Waals surface area contributed by atoms with E-state index >= 15 is 0 Å². The molecule has 0 atom stereocenters. The van der Waals surface area contributed by atoms with E-state index < -0.39 is 17.2 Å². The molecular weight excluding hydrogens is 230 g/mol. The lowest BCUT2D eigenvalue weighted by molar-refractivity contribution is 0.215. The first kappa shape index (κ1) is 13.6. The van der Waals surface area contributed by atoms with E-state index in [0.717, 1.165) is 0 Å². The van der Waals surface area contributed by atoms with Crippen molar-refractivity contribution in [3.8, 4) is 0 Å². The van der Waals surface area contributed by atoms with Crippen LogP contribution in [0.15, 0.2) is 6.07 Å². The summed E-state index contributed by atoms with van der Waals surface area (Å²) in [6, 6.07) is 0.696. The van der Waals surface area contributed by atoms with Crippen LogP contribution < -0.4 is 16.2 Å². The Bertz CT molecular complexity index is 412. The molecule has 0 saturated carbocycles. The Morgan fingerprint density at radius 1 is 1.47 bits per heavy atom. The highest BCUT2D eigenvalue weighted by Crippen LogP contribution is 2.25. The molecule has 0 spiro atoms. The number of nitrogens with zero attached hydrogens (tertiary/aromatic N) is 2. The second kappa shape index (κ2) is 4.80. The molecule has 1 rings (SSSR count). The van der Waals surface area contributed by atoms with Crippen LogP contribution in [0.1, 0.15) is 13.8 Å². The number of rotatable bonds is 4. The maximum absolute atomic E-state index is 13.6. The van der Waals surface area contributed by atoms with Gasteiger partial charge in [0.15, 0.2) is 23.3 Å². The molecule has 1 heterocycles. The summed E-state index contributed by atoms with van der Waals surface area (Å²) in [6.45, 7) is 3.20. The first-order chi connectivity index (χ1) is 7.83. The van der Waals surface area contributed by atoms with Crippen LogP contribution in [0.4, 0.5) is 20.4 Å². The van der Waals surface area contributed by atoms with E-state index in [9.17, 15) is 13.9 Å². The van der Waals surface area contributed by atoms with Crippen LogP contribution in [0.5, 0.6) is 0 Å². The molecule has 0 saturated heterocycles.